The zero-order chi connectivity index (χ0) is 14.2. The van der Waals surface area contributed by atoms with Gasteiger partial charge in [0.25, 0.3) is 0 Å². The first-order chi connectivity index (χ1) is 8.83. The molecule has 2 rings (SSSR count). The number of nitrogens with one attached hydrogen (secondary N) is 1. The van der Waals surface area contributed by atoms with Crippen LogP contribution in [0.3, 0.4) is 0 Å². The lowest BCUT2D eigenvalue weighted by atomic mass is 10.00. The van der Waals surface area contributed by atoms with Crippen molar-refractivity contribution < 1.29 is 17.9 Å². The second-order valence-corrected chi connectivity index (χ2v) is 7.76. The number of amides is 1. The Hall–Kier alpha value is -0.660. The topological polar surface area (TPSA) is 75.7 Å². The number of nitrogens with zero attached hydrogens (tertiary/aromatic N) is 1. The molecule has 0 aromatic carbocycles. The highest BCUT2D eigenvalue weighted by atomic mass is 32.2. The van der Waals surface area contributed by atoms with Gasteiger partial charge in [0, 0.05) is 20.1 Å². The molecule has 6 nitrogen and oxygen atoms in total. The third kappa shape index (κ3) is 3.09. The molecule has 2 aliphatic rings. The Morgan fingerprint density at radius 3 is 2.68 bits per heavy atom. The smallest absolute Gasteiger partial charge is 0.225 e. The van der Waals surface area contributed by atoms with E-state index in [0.717, 1.165) is 0 Å². The molecule has 2 saturated heterocycles. The Bertz CT molecular complexity index is 449. The van der Waals surface area contributed by atoms with Crippen LogP contribution in [-0.2, 0) is 19.6 Å². The highest BCUT2D eigenvalue weighted by Crippen LogP contribution is 2.33. The van der Waals surface area contributed by atoms with Crippen LogP contribution in [0.1, 0.15) is 20.3 Å². The predicted molar refractivity (Wildman–Crippen MR) is 71.0 cm³/mol. The average Bonchev–Trinajstić information content (AvgIpc) is 2.61. The number of hydrogen-bond acceptors (Lipinski definition) is 4. The molecule has 7 heteroatoms. The summed E-state index contributed by atoms with van der Waals surface area (Å²) in [4.78, 5) is 11.7. The summed E-state index contributed by atoms with van der Waals surface area (Å²) in [6.45, 7) is 4.45. The Morgan fingerprint density at radius 1 is 1.42 bits per heavy atom. The minimum atomic E-state index is -3.24. The maximum Gasteiger partial charge on any atom is 0.225 e. The molecule has 0 radical (unpaired) electrons. The Kier molecular flexibility index (Phi) is 4.17. The molecule has 0 saturated carbocycles. The molecule has 2 fully saturated rings. The summed E-state index contributed by atoms with van der Waals surface area (Å²) in [6.07, 6.45) is 0.154. The van der Waals surface area contributed by atoms with Crippen LogP contribution in [0.5, 0.6) is 0 Å². The van der Waals surface area contributed by atoms with Gasteiger partial charge in [-0.15, -0.1) is 0 Å². The highest BCUT2D eigenvalue weighted by molar-refractivity contribution is 7.89. The summed E-state index contributed by atoms with van der Waals surface area (Å²) in [5.41, 5.74) is 0. The first-order valence-corrected chi connectivity index (χ1v) is 8.29. The summed E-state index contributed by atoms with van der Waals surface area (Å²) in [5, 5.41) is 2.62. The van der Waals surface area contributed by atoms with Crippen LogP contribution in [0.4, 0.5) is 0 Å². The fraction of sp³-hybridized carbons (Fsp3) is 0.917. The standard InChI is InChI=1S/C12H22N2O4S/c1-8(2)7-19(16,17)14-5-9-4-10(12(15)13-3)11(6-14)18-9/h8-11H,4-7H2,1-3H3,(H,13,15). The molecular weight excluding hydrogens is 268 g/mol. The number of fused-ring (bicyclic) bond motifs is 2. The van der Waals surface area contributed by atoms with Crippen LogP contribution < -0.4 is 5.32 Å². The molecular formula is C12H22N2O4S. The second kappa shape index (κ2) is 5.38. The van der Waals surface area contributed by atoms with E-state index in [1.165, 1.54) is 4.31 Å². The minimum Gasteiger partial charge on any atom is -0.371 e. The van der Waals surface area contributed by atoms with Gasteiger partial charge in [-0.25, -0.2) is 8.42 Å². The second-order valence-electron chi connectivity index (χ2n) is 5.74. The van der Waals surface area contributed by atoms with Gasteiger partial charge < -0.3 is 10.1 Å². The van der Waals surface area contributed by atoms with Crippen molar-refractivity contribution in [1.29, 1.82) is 0 Å². The highest BCUT2D eigenvalue weighted by Gasteiger charge is 2.46. The number of carbonyl (C=O) groups excluding carboxylic acids is 1. The van der Waals surface area contributed by atoms with E-state index in [-0.39, 0.29) is 35.7 Å². The van der Waals surface area contributed by atoms with Crippen LogP contribution in [0.2, 0.25) is 0 Å². The first-order valence-electron chi connectivity index (χ1n) is 6.68. The van der Waals surface area contributed by atoms with E-state index in [1.54, 1.807) is 7.05 Å². The number of carbonyl (C=O) groups is 1. The first kappa shape index (κ1) is 14.7. The summed E-state index contributed by atoms with van der Waals surface area (Å²) in [6, 6.07) is 0. The molecule has 110 valence electrons. The van der Waals surface area contributed by atoms with Crippen molar-refractivity contribution in [3.63, 3.8) is 0 Å². The molecule has 2 aliphatic heterocycles. The van der Waals surface area contributed by atoms with Gasteiger partial charge in [0.05, 0.1) is 23.9 Å². The predicted octanol–water partition coefficient (Wildman–Crippen LogP) is -0.192. The van der Waals surface area contributed by atoms with Crippen LogP contribution in [0, 0.1) is 11.8 Å². The maximum absolute atomic E-state index is 12.2. The largest absolute Gasteiger partial charge is 0.371 e. The van der Waals surface area contributed by atoms with Gasteiger partial charge in [-0.1, -0.05) is 13.8 Å². The van der Waals surface area contributed by atoms with E-state index >= 15 is 0 Å². The summed E-state index contributed by atoms with van der Waals surface area (Å²) in [7, 11) is -1.65. The molecule has 0 aromatic heterocycles. The van der Waals surface area contributed by atoms with Crippen molar-refractivity contribution in [1.82, 2.24) is 9.62 Å². The van der Waals surface area contributed by atoms with E-state index in [4.69, 9.17) is 4.74 Å². The van der Waals surface area contributed by atoms with Crippen LogP contribution in [-0.4, -0.2) is 56.7 Å². The van der Waals surface area contributed by atoms with E-state index in [0.29, 0.717) is 19.5 Å². The molecule has 0 aliphatic carbocycles. The third-order valence-electron chi connectivity index (χ3n) is 3.64. The monoisotopic (exact) mass is 290 g/mol. The van der Waals surface area contributed by atoms with Crippen molar-refractivity contribution in [3.8, 4) is 0 Å². The summed E-state index contributed by atoms with van der Waals surface area (Å²) in [5.74, 6) is -0.0398. The van der Waals surface area contributed by atoms with Gasteiger partial charge in [-0.2, -0.15) is 4.31 Å². The van der Waals surface area contributed by atoms with Crippen LogP contribution in [0.25, 0.3) is 0 Å². The quantitative estimate of drug-likeness (QED) is 0.778. The fourth-order valence-corrected chi connectivity index (χ4v) is 4.66. The van der Waals surface area contributed by atoms with Crippen molar-refractivity contribution in [2.45, 2.75) is 32.5 Å². The van der Waals surface area contributed by atoms with Crippen molar-refractivity contribution >= 4 is 15.9 Å². The lowest BCUT2D eigenvalue weighted by molar-refractivity contribution is -0.126. The molecule has 0 spiro atoms. The third-order valence-corrected chi connectivity index (χ3v) is 5.82. The Morgan fingerprint density at radius 2 is 2.11 bits per heavy atom. The van der Waals surface area contributed by atoms with Crippen molar-refractivity contribution in [2.75, 3.05) is 25.9 Å². The molecule has 2 bridgehead atoms. The number of hydrogen-bond donors (Lipinski definition) is 1. The zero-order valence-corrected chi connectivity index (χ0v) is 12.4. The lowest BCUT2D eigenvalue weighted by Crippen LogP contribution is -2.48. The molecule has 3 unspecified atom stereocenters. The molecule has 19 heavy (non-hydrogen) atoms. The van der Waals surface area contributed by atoms with Gasteiger partial charge in [0.2, 0.25) is 15.9 Å². The van der Waals surface area contributed by atoms with E-state index in [1.807, 2.05) is 13.8 Å². The van der Waals surface area contributed by atoms with Crippen LogP contribution in [0.15, 0.2) is 0 Å². The summed E-state index contributed by atoms with van der Waals surface area (Å²) >= 11 is 0. The van der Waals surface area contributed by atoms with E-state index in [2.05, 4.69) is 5.32 Å². The number of ether oxygens (including phenoxy) is 1. The number of rotatable bonds is 4. The number of morpholine rings is 1. The SMILES string of the molecule is CNC(=O)C1CC2CN(S(=O)(=O)CC(C)C)CC1O2. The van der Waals surface area contributed by atoms with Crippen molar-refractivity contribution in [3.05, 3.63) is 0 Å². The van der Waals surface area contributed by atoms with Gasteiger partial charge in [0.1, 0.15) is 0 Å². The van der Waals surface area contributed by atoms with Crippen molar-refractivity contribution in [2.24, 2.45) is 11.8 Å². The van der Waals surface area contributed by atoms with Gasteiger partial charge in [-0.3, -0.25) is 4.79 Å². The van der Waals surface area contributed by atoms with Gasteiger partial charge in [-0.05, 0) is 12.3 Å². The van der Waals surface area contributed by atoms with Gasteiger partial charge in [0.15, 0.2) is 0 Å². The molecule has 0 aromatic rings. The molecule has 1 N–H and O–H groups in total. The average molecular weight is 290 g/mol. The summed E-state index contributed by atoms with van der Waals surface area (Å²) < 4.78 is 31.7. The minimum absolute atomic E-state index is 0.0596. The Balaban J connectivity index is 2.08. The normalized spacial score (nSPS) is 31.7. The van der Waals surface area contributed by atoms with E-state index in [9.17, 15) is 13.2 Å². The fourth-order valence-electron chi connectivity index (χ4n) is 2.84. The van der Waals surface area contributed by atoms with Crippen LogP contribution >= 0.6 is 0 Å². The number of sulfonamides is 1. The Labute approximate surface area is 114 Å². The van der Waals surface area contributed by atoms with E-state index < -0.39 is 10.0 Å². The molecule has 1 amide bonds. The lowest BCUT2D eigenvalue weighted by Gasteiger charge is -2.32. The zero-order valence-electron chi connectivity index (χ0n) is 11.6. The maximum atomic E-state index is 12.2. The van der Waals surface area contributed by atoms with Gasteiger partial charge >= 0.3 is 0 Å². The molecule has 3 atom stereocenters. The molecule has 2 heterocycles.